The fourth-order valence-corrected chi connectivity index (χ4v) is 2.40. The van der Waals surface area contributed by atoms with Crippen molar-refractivity contribution in [3.63, 3.8) is 0 Å². The molecule has 1 aliphatic rings. The van der Waals surface area contributed by atoms with E-state index in [-0.39, 0.29) is 0 Å². The minimum atomic E-state index is 0.631. The van der Waals surface area contributed by atoms with E-state index in [0.29, 0.717) is 13.2 Å². The normalized spacial score (nSPS) is 18.2. The highest BCUT2D eigenvalue weighted by Gasteiger charge is 2.13. The van der Waals surface area contributed by atoms with Gasteiger partial charge in [0, 0.05) is 13.1 Å². The number of rotatable bonds is 8. The summed E-state index contributed by atoms with van der Waals surface area (Å²) in [5.41, 5.74) is 5.36. The van der Waals surface area contributed by atoms with Crippen LogP contribution in [0.5, 0.6) is 0 Å². The summed E-state index contributed by atoms with van der Waals surface area (Å²) in [6, 6.07) is 0. The Morgan fingerprint density at radius 2 is 1.88 bits per heavy atom. The van der Waals surface area contributed by atoms with Crippen LogP contribution in [0.15, 0.2) is 0 Å². The molecule has 0 radical (unpaired) electrons. The fourth-order valence-electron chi connectivity index (χ4n) is 2.40. The second-order valence-electron chi connectivity index (χ2n) is 5.00. The third kappa shape index (κ3) is 6.46. The average molecular weight is 228 g/mol. The van der Waals surface area contributed by atoms with E-state index in [1.54, 1.807) is 0 Å². The van der Waals surface area contributed by atoms with Crippen LogP contribution in [0.3, 0.4) is 0 Å². The van der Waals surface area contributed by atoms with Crippen LogP contribution in [0.25, 0.3) is 0 Å². The molecule has 0 unspecified atom stereocenters. The first-order valence-electron chi connectivity index (χ1n) is 6.79. The zero-order valence-corrected chi connectivity index (χ0v) is 10.8. The third-order valence-corrected chi connectivity index (χ3v) is 3.52. The van der Waals surface area contributed by atoms with E-state index in [2.05, 4.69) is 11.9 Å². The van der Waals surface area contributed by atoms with Crippen molar-refractivity contribution in [3.8, 4) is 0 Å². The Morgan fingerprint density at radius 1 is 1.12 bits per heavy atom. The molecule has 1 fully saturated rings. The number of likely N-dealkylation sites (N-methyl/N-ethyl adjacent to an activating group) is 1. The van der Waals surface area contributed by atoms with E-state index in [1.807, 2.05) is 0 Å². The molecular formula is C13H28N2O. The van der Waals surface area contributed by atoms with Gasteiger partial charge in [-0.15, -0.1) is 0 Å². The smallest absolute Gasteiger partial charge is 0.0593 e. The summed E-state index contributed by atoms with van der Waals surface area (Å²) >= 11 is 0. The molecule has 0 amide bonds. The molecular weight excluding hydrogens is 200 g/mol. The zero-order chi connectivity index (χ0) is 11.6. The van der Waals surface area contributed by atoms with Gasteiger partial charge in [0.1, 0.15) is 0 Å². The van der Waals surface area contributed by atoms with Crippen LogP contribution in [0, 0.1) is 5.92 Å². The van der Waals surface area contributed by atoms with E-state index < -0.39 is 0 Å². The molecule has 0 aromatic carbocycles. The largest absolute Gasteiger partial charge is 0.379 e. The van der Waals surface area contributed by atoms with Gasteiger partial charge in [-0.1, -0.05) is 32.1 Å². The highest BCUT2D eigenvalue weighted by atomic mass is 16.5. The minimum Gasteiger partial charge on any atom is -0.379 e. The van der Waals surface area contributed by atoms with Gasteiger partial charge in [-0.3, -0.25) is 0 Å². The second kappa shape index (κ2) is 8.97. The van der Waals surface area contributed by atoms with Gasteiger partial charge in [0.05, 0.1) is 13.2 Å². The van der Waals surface area contributed by atoms with E-state index in [1.165, 1.54) is 45.1 Å². The predicted octanol–water partition coefficient (Wildman–Crippen LogP) is 1.86. The van der Waals surface area contributed by atoms with Gasteiger partial charge >= 0.3 is 0 Å². The predicted molar refractivity (Wildman–Crippen MR) is 68.6 cm³/mol. The number of nitrogens with zero attached hydrogens (tertiary/aromatic N) is 1. The van der Waals surface area contributed by atoms with Crippen molar-refractivity contribution in [2.75, 3.05) is 39.9 Å². The SMILES string of the molecule is CN(CCOCCN)CCC1CCCCC1. The standard InChI is InChI=1S/C13H28N2O/c1-15(10-12-16-11-8-14)9-7-13-5-3-2-4-6-13/h13H,2-12,14H2,1H3. The first kappa shape index (κ1) is 13.9. The molecule has 0 bridgehead atoms. The van der Waals surface area contributed by atoms with Gasteiger partial charge in [-0.25, -0.2) is 0 Å². The zero-order valence-electron chi connectivity index (χ0n) is 10.8. The van der Waals surface area contributed by atoms with Gasteiger partial charge in [0.15, 0.2) is 0 Å². The highest BCUT2D eigenvalue weighted by Crippen LogP contribution is 2.26. The molecule has 16 heavy (non-hydrogen) atoms. The Kier molecular flexibility index (Phi) is 7.81. The monoisotopic (exact) mass is 228 g/mol. The van der Waals surface area contributed by atoms with Gasteiger partial charge in [0.25, 0.3) is 0 Å². The summed E-state index contributed by atoms with van der Waals surface area (Å²) in [6.07, 6.45) is 8.64. The lowest BCUT2D eigenvalue weighted by atomic mass is 9.87. The number of ether oxygens (including phenoxy) is 1. The summed E-state index contributed by atoms with van der Waals surface area (Å²) in [4.78, 5) is 2.38. The van der Waals surface area contributed by atoms with Crippen molar-refractivity contribution in [3.05, 3.63) is 0 Å². The molecule has 3 nitrogen and oxygen atoms in total. The van der Waals surface area contributed by atoms with Crippen LogP contribution in [0.1, 0.15) is 38.5 Å². The van der Waals surface area contributed by atoms with Crippen molar-refractivity contribution in [1.29, 1.82) is 0 Å². The maximum absolute atomic E-state index is 5.38. The van der Waals surface area contributed by atoms with Crippen LogP contribution in [-0.2, 0) is 4.74 Å². The van der Waals surface area contributed by atoms with E-state index in [4.69, 9.17) is 10.5 Å². The molecule has 0 saturated heterocycles. The Morgan fingerprint density at radius 3 is 2.56 bits per heavy atom. The van der Waals surface area contributed by atoms with E-state index >= 15 is 0 Å². The van der Waals surface area contributed by atoms with E-state index in [9.17, 15) is 0 Å². The molecule has 0 aliphatic heterocycles. The van der Waals surface area contributed by atoms with Crippen LogP contribution in [0.4, 0.5) is 0 Å². The van der Waals surface area contributed by atoms with Gasteiger partial charge < -0.3 is 15.4 Å². The Hall–Kier alpha value is -0.120. The summed E-state index contributed by atoms with van der Waals surface area (Å²) in [5.74, 6) is 0.987. The van der Waals surface area contributed by atoms with Crippen LogP contribution < -0.4 is 5.73 Å². The lowest BCUT2D eigenvalue weighted by Gasteiger charge is -2.24. The lowest BCUT2D eigenvalue weighted by molar-refractivity contribution is 0.114. The van der Waals surface area contributed by atoms with Gasteiger partial charge in [0.2, 0.25) is 0 Å². The lowest BCUT2D eigenvalue weighted by Crippen LogP contribution is -2.27. The summed E-state index contributed by atoms with van der Waals surface area (Å²) in [5, 5.41) is 0. The van der Waals surface area contributed by atoms with Crippen molar-refractivity contribution < 1.29 is 4.74 Å². The van der Waals surface area contributed by atoms with Crippen LogP contribution >= 0.6 is 0 Å². The fraction of sp³-hybridized carbons (Fsp3) is 1.00. The minimum absolute atomic E-state index is 0.631. The van der Waals surface area contributed by atoms with Crippen molar-refractivity contribution >= 4 is 0 Å². The molecule has 3 heteroatoms. The molecule has 0 aromatic heterocycles. The summed E-state index contributed by atoms with van der Waals surface area (Å²) in [7, 11) is 2.19. The van der Waals surface area contributed by atoms with Gasteiger partial charge in [-0.2, -0.15) is 0 Å². The van der Waals surface area contributed by atoms with Crippen LogP contribution in [-0.4, -0.2) is 44.8 Å². The first-order valence-corrected chi connectivity index (χ1v) is 6.79. The number of hydrogen-bond donors (Lipinski definition) is 1. The Bertz CT molecular complexity index is 158. The van der Waals surface area contributed by atoms with E-state index in [0.717, 1.165) is 19.1 Å². The molecule has 0 heterocycles. The first-order chi connectivity index (χ1) is 7.83. The van der Waals surface area contributed by atoms with Crippen molar-refractivity contribution in [2.45, 2.75) is 38.5 Å². The second-order valence-corrected chi connectivity index (χ2v) is 5.00. The van der Waals surface area contributed by atoms with Crippen LogP contribution in [0.2, 0.25) is 0 Å². The Labute approximate surface area is 100 Å². The quantitative estimate of drug-likeness (QED) is 0.645. The Balaban J connectivity index is 1.94. The topological polar surface area (TPSA) is 38.5 Å². The van der Waals surface area contributed by atoms with Gasteiger partial charge in [-0.05, 0) is 25.9 Å². The number of hydrogen-bond acceptors (Lipinski definition) is 3. The summed E-state index contributed by atoms with van der Waals surface area (Å²) < 4.78 is 5.38. The maximum atomic E-state index is 5.38. The average Bonchev–Trinajstić information content (AvgIpc) is 2.33. The summed E-state index contributed by atoms with van der Waals surface area (Å²) in [6.45, 7) is 4.39. The van der Waals surface area contributed by atoms with Crippen molar-refractivity contribution in [2.24, 2.45) is 11.7 Å². The molecule has 2 N–H and O–H groups in total. The molecule has 1 rings (SSSR count). The van der Waals surface area contributed by atoms with Crippen molar-refractivity contribution in [1.82, 2.24) is 4.90 Å². The molecule has 96 valence electrons. The maximum Gasteiger partial charge on any atom is 0.0593 e. The molecule has 0 atom stereocenters. The number of nitrogens with two attached hydrogens (primary N) is 1. The highest BCUT2D eigenvalue weighted by molar-refractivity contribution is 4.67. The molecule has 1 aliphatic carbocycles. The molecule has 1 saturated carbocycles. The third-order valence-electron chi connectivity index (χ3n) is 3.52. The molecule has 0 spiro atoms. The molecule has 0 aromatic rings.